The fourth-order valence-electron chi connectivity index (χ4n) is 1.87. The van der Waals surface area contributed by atoms with Crippen molar-refractivity contribution >= 4 is 11.0 Å². The molecule has 2 heterocycles. The molecule has 1 aromatic carbocycles. The van der Waals surface area contributed by atoms with Crippen molar-refractivity contribution in [2.75, 3.05) is 7.11 Å². The van der Waals surface area contributed by atoms with E-state index in [1.807, 2.05) is 41.9 Å². The van der Waals surface area contributed by atoms with E-state index in [0.717, 1.165) is 16.8 Å². The van der Waals surface area contributed by atoms with E-state index in [1.165, 1.54) is 0 Å². The van der Waals surface area contributed by atoms with Gasteiger partial charge in [-0.15, -0.1) is 0 Å². The molecule has 0 bridgehead atoms. The Balaban J connectivity index is 1.98. The van der Waals surface area contributed by atoms with Gasteiger partial charge in [0, 0.05) is 19.3 Å². The van der Waals surface area contributed by atoms with Gasteiger partial charge < -0.3 is 9.47 Å². The summed E-state index contributed by atoms with van der Waals surface area (Å²) in [6, 6.07) is 9.80. The number of hydrogen-bond donors (Lipinski definition) is 0. The van der Waals surface area contributed by atoms with Crippen LogP contribution in [-0.2, 0) is 7.05 Å². The number of imidazole rings is 1. The first-order chi connectivity index (χ1) is 9.28. The van der Waals surface area contributed by atoms with Gasteiger partial charge in [0.1, 0.15) is 11.5 Å². The molecule has 2 aromatic heterocycles. The average Bonchev–Trinajstić information content (AvgIpc) is 2.76. The second-order valence-corrected chi connectivity index (χ2v) is 4.10. The third kappa shape index (κ3) is 2.10. The van der Waals surface area contributed by atoms with E-state index in [-0.39, 0.29) is 0 Å². The molecule has 0 radical (unpaired) electrons. The Morgan fingerprint density at radius 3 is 2.79 bits per heavy atom. The van der Waals surface area contributed by atoms with Crippen LogP contribution in [0, 0.1) is 0 Å². The van der Waals surface area contributed by atoms with Gasteiger partial charge in [0.05, 0.1) is 24.3 Å². The minimum Gasteiger partial charge on any atom is -0.497 e. The normalized spacial score (nSPS) is 10.6. The molecule has 0 aliphatic heterocycles. The predicted molar refractivity (Wildman–Crippen MR) is 71.6 cm³/mol. The van der Waals surface area contributed by atoms with Gasteiger partial charge >= 0.3 is 6.01 Å². The molecule has 3 rings (SSSR count). The van der Waals surface area contributed by atoms with Crippen LogP contribution in [0.25, 0.3) is 11.0 Å². The lowest BCUT2D eigenvalue weighted by molar-refractivity contribution is 0.401. The molecule has 0 saturated heterocycles. The summed E-state index contributed by atoms with van der Waals surface area (Å²) < 4.78 is 12.8. The van der Waals surface area contributed by atoms with Crippen molar-refractivity contribution < 1.29 is 9.47 Å². The first kappa shape index (κ1) is 11.5. The van der Waals surface area contributed by atoms with Gasteiger partial charge in [0.15, 0.2) is 0 Å². The SMILES string of the molecule is COc1cccc(Oc2nc3ccncc3n2C)c1. The van der Waals surface area contributed by atoms with Crippen molar-refractivity contribution in [3.05, 3.63) is 42.7 Å². The van der Waals surface area contributed by atoms with Gasteiger partial charge in [-0.3, -0.25) is 9.55 Å². The summed E-state index contributed by atoms with van der Waals surface area (Å²) in [4.78, 5) is 8.51. The lowest BCUT2D eigenvalue weighted by Crippen LogP contribution is -1.94. The van der Waals surface area contributed by atoms with E-state index < -0.39 is 0 Å². The van der Waals surface area contributed by atoms with Crippen molar-refractivity contribution in [1.82, 2.24) is 14.5 Å². The summed E-state index contributed by atoms with van der Waals surface area (Å²) in [5.41, 5.74) is 1.79. The molecule has 5 nitrogen and oxygen atoms in total. The van der Waals surface area contributed by atoms with Crippen molar-refractivity contribution in [2.45, 2.75) is 0 Å². The van der Waals surface area contributed by atoms with E-state index in [2.05, 4.69) is 9.97 Å². The monoisotopic (exact) mass is 255 g/mol. The number of rotatable bonds is 3. The van der Waals surface area contributed by atoms with Gasteiger partial charge in [-0.05, 0) is 18.2 Å². The van der Waals surface area contributed by atoms with Crippen molar-refractivity contribution in [3.63, 3.8) is 0 Å². The number of hydrogen-bond acceptors (Lipinski definition) is 4. The zero-order valence-corrected chi connectivity index (χ0v) is 10.7. The molecule has 0 saturated carbocycles. The van der Waals surface area contributed by atoms with Crippen LogP contribution >= 0.6 is 0 Å². The predicted octanol–water partition coefficient (Wildman–Crippen LogP) is 2.77. The van der Waals surface area contributed by atoms with Crippen LogP contribution in [0.3, 0.4) is 0 Å². The molecule has 0 N–H and O–H groups in total. The number of ether oxygens (including phenoxy) is 2. The number of benzene rings is 1. The standard InChI is InChI=1S/C14H13N3O2/c1-17-13-9-15-7-6-12(13)16-14(17)19-11-5-3-4-10(8-11)18-2/h3-9H,1-2H3. The van der Waals surface area contributed by atoms with Crippen LogP contribution in [0.15, 0.2) is 42.7 Å². The van der Waals surface area contributed by atoms with Crippen LogP contribution in [-0.4, -0.2) is 21.6 Å². The summed E-state index contributed by atoms with van der Waals surface area (Å²) in [6.07, 6.45) is 3.48. The molecular formula is C14H13N3O2. The molecule has 3 aromatic rings. The average molecular weight is 255 g/mol. The van der Waals surface area contributed by atoms with Crippen LogP contribution in [0.5, 0.6) is 17.5 Å². The van der Waals surface area contributed by atoms with Crippen LogP contribution in [0.1, 0.15) is 0 Å². The van der Waals surface area contributed by atoms with E-state index in [4.69, 9.17) is 9.47 Å². The molecule has 96 valence electrons. The molecule has 0 amide bonds. The smallest absolute Gasteiger partial charge is 0.302 e. The third-order valence-corrected chi connectivity index (χ3v) is 2.89. The van der Waals surface area contributed by atoms with Gasteiger partial charge in [0.2, 0.25) is 0 Å². The fraction of sp³-hybridized carbons (Fsp3) is 0.143. The Morgan fingerprint density at radius 1 is 1.16 bits per heavy atom. The second kappa shape index (κ2) is 4.61. The molecule has 0 atom stereocenters. The first-order valence-electron chi connectivity index (χ1n) is 5.86. The third-order valence-electron chi connectivity index (χ3n) is 2.89. The maximum absolute atomic E-state index is 5.78. The maximum atomic E-state index is 5.78. The highest BCUT2D eigenvalue weighted by atomic mass is 16.5. The minimum atomic E-state index is 0.524. The van der Waals surface area contributed by atoms with Crippen molar-refractivity contribution in [3.8, 4) is 17.5 Å². The van der Waals surface area contributed by atoms with Crippen LogP contribution < -0.4 is 9.47 Å². The van der Waals surface area contributed by atoms with Crippen molar-refractivity contribution in [1.29, 1.82) is 0 Å². The lowest BCUT2D eigenvalue weighted by Gasteiger charge is -2.06. The van der Waals surface area contributed by atoms with E-state index >= 15 is 0 Å². The number of fused-ring (bicyclic) bond motifs is 1. The summed E-state index contributed by atoms with van der Waals surface area (Å²) in [6.45, 7) is 0. The molecule has 0 spiro atoms. The zero-order valence-electron chi connectivity index (χ0n) is 10.7. The number of aryl methyl sites for hydroxylation is 1. The van der Waals surface area contributed by atoms with E-state index in [1.54, 1.807) is 19.5 Å². The Morgan fingerprint density at radius 2 is 2.00 bits per heavy atom. The molecule has 0 aliphatic rings. The van der Waals surface area contributed by atoms with Crippen molar-refractivity contribution in [2.24, 2.45) is 7.05 Å². The maximum Gasteiger partial charge on any atom is 0.302 e. The molecular weight excluding hydrogens is 242 g/mol. The molecule has 5 heteroatoms. The Labute approximate surface area is 110 Å². The number of methoxy groups -OCH3 is 1. The Kier molecular flexibility index (Phi) is 2.79. The largest absolute Gasteiger partial charge is 0.497 e. The van der Waals surface area contributed by atoms with Crippen LogP contribution in [0.4, 0.5) is 0 Å². The molecule has 0 unspecified atom stereocenters. The van der Waals surface area contributed by atoms with Gasteiger partial charge in [-0.25, -0.2) is 0 Å². The summed E-state index contributed by atoms with van der Waals surface area (Å²) in [5, 5.41) is 0. The topological polar surface area (TPSA) is 49.2 Å². The number of aromatic nitrogens is 3. The van der Waals surface area contributed by atoms with E-state index in [0.29, 0.717) is 11.8 Å². The quantitative estimate of drug-likeness (QED) is 0.722. The highest BCUT2D eigenvalue weighted by molar-refractivity contribution is 5.75. The van der Waals surface area contributed by atoms with Crippen LogP contribution in [0.2, 0.25) is 0 Å². The molecule has 0 aliphatic carbocycles. The first-order valence-corrected chi connectivity index (χ1v) is 5.86. The Bertz CT molecular complexity index is 722. The highest BCUT2D eigenvalue weighted by Gasteiger charge is 2.09. The molecule has 0 fully saturated rings. The lowest BCUT2D eigenvalue weighted by atomic mass is 10.3. The van der Waals surface area contributed by atoms with Gasteiger partial charge in [-0.2, -0.15) is 4.98 Å². The fourth-order valence-corrected chi connectivity index (χ4v) is 1.87. The second-order valence-electron chi connectivity index (χ2n) is 4.10. The van der Waals surface area contributed by atoms with E-state index in [9.17, 15) is 0 Å². The number of pyridine rings is 1. The summed E-state index contributed by atoms with van der Waals surface area (Å²) in [5.74, 6) is 1.43. The zero-order chi connectivity index (χ0) is 13.2. The van der Waals surface area contributed by atoms with Gasteiger partial charge in [-0.1, -0.05) is 6.07 Å². The Hall–Kier alpha value is -2.56. The summed E-state index contributed by atoms with van der Waals surface area (Å²) >= 11 is 0. The van der Waals surface area contributed by atoms with Gasteiger partial charge in [0.25, 0.3) is 0 Å². The molecule has 19 heavy (non-hydrogen) atoms. The minimum absolute atomic E-state index is 0.524. The summed E-state index contributed by atoms with van der Waals surface area (Å²) in [7, 11) is 3.52. The number of nitrogens with zero attached hydrogens (tertiary/aromatic N) is 3. The highest BCUT2D eigenvalue weighted by Crippen LogP contribution is 2.26.